The molecule has 0 aliphatic heterocycles. The quantitative estimate of drug-likeness (QED) is 0.435. The molecule has 2 aromatic carbocycles. The molecule has 0 bridgehead atoms. The van der Waals surface area contributed by atoms with Crippen LogP contribution in [0.5, 0.6) is 11.5 Å². The normalized spacial score (nSPS) is 9.77. The number of thiocarbonyl (C=S) groups is 1. The fraction of sp³-hybridized carbons (Fsp3) is 0.222. The third kappa shape index (κ3) is 6.48. The highest BCUT2D eigenvalue weighted by atomic mass is 32.1. The molecule has 2 aromatic rings. The number of anilines is 1. The molecule has 0 spiro atoms. The molecular weight excluding hydrogens is 352 g/mol. The molecule has 0 aliphatic carbocycles. The first-order valence-corrected chi connectivity index (χ1v) is 8.35. The summed E-state index contributed by atoms with van der Waals surface area (Å²) in [5.41, 5.74) is 7.03. The SMILES string of the molecule is COc1ccc(CNC(=S)NNC(=O)CNc2cccc(OC)c2)cc1. The predicted molar refractivity (Wildman–Crippen MR) is 105 cm³/mol. The smallest absolute Gasteiger partial charge is 0.257 e. The second kappa shape index (κ2) is 10.1. The topological polar surface area (TPSA) is 83.7 Å². The van der Waals surface area contributed by atoms with E-state index in [9.17, 15) is 4.79 Å². The summed E-state index contributed by atoms with van der Waals surface area (Å²) in [6, 6.07) is 15.0. The van der Waals surface area contributed by atoms with E-state index in [2.05, 4.69) is 21.5 Å². The van der Waals surface area contributed by atoms with Crippen LogP contribution in [0.15, 0.2) is 48.5 Å². The molecule has 7 nitrogen and oxygen atoms in total. The van der Waals surface area contributed by atoms with Gasteiger partial charge < -0.3 is 20.1 Å². The summed E-state index contributed by atoms with van der Waals surface area (Å²) in [5, 5.41) is 6.34. The number of ether oxygens (including phenoxy) is 2. The van der Waals surface area contributed by atoms with Crippen LogP contribution in [-0.2, 0) is 11.3 Å². The maximum Gasteiger partial charge on any atom is 0.257 e. The van der Waals surface area contributed by atoms with Gasteiger partial charge in [-0.3, -0.25) is 15.6 Å². The molecule has 0 aromatic heterocycles. The van der Waals surface area contributed by atoms with Crippen molar-refractivity contribution >= 4 is 28.9 Å². The highest BCUT2D eigenvalue weighted by Gasteiger charge is 2.03. The van der Waals surface area contributed by atoms with Gasteiger partial charge in [-0.2, -0.15) is 0 Å². The Hall–Kier alpha value is -3.00. The zero-order valence-corrected chi connectivity index (χ0v) is 15.5. The first-order valence-electron chi connectivity index (χ1n) is 7.94. The first-order chi connectivity index (χ1) is 12.6. The highest BCUT2D eigenvalue weighted by Crippen LogP contribution is 2.16. The van der Waals surface area contributed by atoms with Crippen LogP contribution >= 0.6 is 12.2 Å². The van der Waals surface area contributed by atoms with E-state index >= 15 is 0 Å². The molecule has 0 fully saturated rings. The van der Waals surface area contributed by atoms with Crippen LogP contribution in [-0.4, -0.2) is 31.8 Å². The lowest BCUT2D eigenvalue weighted by Crippen LogP contribution is -2.48. The van der Waals surface area contributed by atoms with Crippen molar-refractivity contribution in [1.82, 2.24) is 16.2 Å². The molecule has 8 heteroatoms. The predicted octanol–water partition coefficient (Wildman–Crippen LogP) is 1.81. The van der Waals surface area contributed by atoms with Crippen molar-refractivity contribution < 1.29 is 14.3 Å². The number of methoxy groups -OCH3 is 2. The molecule has 26 heavy (non-hydrogen) atoms. The molecule has 4 N–H and O–H groups in total. The van der Waals surface area contributed by atoms with Gasteiger partial charge in [0.05, 0.1) is 20.8 Å². The van der Waals surface area contributed by atoms with Crippen molar-refractivity contribution in [2.24, 2.45) is 0 Å². The Labute approximate surface area is 158 Å². The molecule has 2 rings (SSSR count). The number of carbonyl (C=O) groups excluding carboxylic acids is 1. The molecular formula is C18H22N4O3S. The Morgan fingerprint density at radius 2 is 1.73 bits per heavy atom. The van der Waals surface area contributed by atoms with Gasteiger partial charge in [0.2, 0.25) is 0 Å². The largest absolute Gasteiger partial charge is 0.497 e. The minimum absolute atomic E-state index is 0.0985. The Morgan fingerprint density at radius 3 is 2.42 bits per heavy atom. The van der Waals surface area contributed by atoms with E-state index in [0.29, 0.717) is 11.7 Å². The van der Waals surface area contributed by atoms with E-state index in [0.717, 1.165) is 22.7 Å². The lowest BCUT2D eigenvalue weighted by atomic mass is 10.2. The number of carbonyl (C=O) groups is 1. The molecule has 0 atom stereocenters. The van der Waals surface area contributed by atoms with Gasteiger partial charge in [0.1, 0.15) is 11.5 Å². The van der Waals surface area contributed by atoms with Crippen LogP contribution in [0.25, 0.3) is 0 Å². The standard InChI is InChI=1S/C18H22N4O3S/c1-24-15-8-6-13(7-9-15)11-20-18(26)22-21-17(23)12-19-14-4-3-5-16(10-14)25-2/h3-10,19H,11-12H2,1-2H3,(H,21,23)(H2,20,22,26). The summed E-state index contributed by atoms with van der Waals surface area (Å²) in [6.45, 7) is 0.634. The monoisotopic (exact) mass is 374 g/mol. The van der Waals surface area contributed by atoms with Crippen molar-refractivity contribution in [2.75, 3.05) is 26.1 Å². The van der Waals surface area contributed by atoms with Gasteiger partial charge in [-0.15, -0.1) is 0 Å². The molecule has 0 saturated heterocycles. The van der Waals surface area contributed by atoms with Crippen LogP contribution in [0.1, 0.15) is 5.56 Å². The van der Waals surface area contributed by atoms with Gasteiger partial charge >= 0.3 is 0 Å². The van der Waals surface area contributed by atoms with Crippen molar-refractivity contribution in [3.63, 3.8) is 0 Å². The number of nitrogens with one attached hydrogen (secondary N) is 4. The van der Waals surface area contributed by atoms with E-state index in [4.69, 9.17) is 21.7 Å². The van der Waals surface area contributed by atoms with E-state index in [1.54, 1.807) is 14.2 Å². The van der Waals surface area contributed by atoms with Gasteiger partial charge in [0, 0.05) is 18.3 Å². The number of hydrogen-bond acceptors (Lipinski definition) is 5. The highest BCUT2D eigenvalue weighted by molar-refractivity contribution is 7.80. The Bertz CT molecular complexity index is 737. The molecule has 1 amide bonds. The van der Waals surface area contributed by atoms with Crippen molar-refractivity contribution in [1.29, 1.82) is 0 Å². The second-order valence-electron chi connectivity index (χ2n) is 5.29. The van der Waals surface area contributed by atoms with Gasteiger partial charge in [-0.1, -0.05) is 18.2 Å². The van der Waals surface area contributed by atoms with Gasteiger partial charge in [0.25, 0.3) is 5.91 Å². The maximum atomic E-state index is 11.9. The van der Waals surface area contributed by atoms with Gasteiger partial charge in [0.15, 0.2) is 5.11 Å². The Kier molecular flexibility index (Phi) is 7.50. The lowest BCUT2D eigenvalue weighted by Gasteiger charge is -2.13. The lowest BCUT2D eigenvalue weighted by molar-refractivity contribution is -0.119. The molecule has 0 aliphatic rings. The fourth-order valence-corrected chi connectivity index (χ4v) is 2.18. The Balaban J connectivity index is 1.66. The Morgan fingerprint density at radius 1 is 1.00 bits per heavy atom. The molecule has 0 heterocycles. The average molecular weight is 374 g/mol. The maximum absolute atomic E-state index is 11.9. The van der Waals surface area contributed by atoms with Gasteiger partial charge in [-0.05, 0) is 42.0 Å². The van der Waals surface area contributed by atoms with Crippen LogP contribution in [0.2, 0.25) is 0 Å². The number of benzene rings is 2. The molecule has 0 unspecified atom stereocenters. The summed E-state index contributed by atoms with van der Waals surface area (Å²) in [7, 11) is 3.22. The average Bonchev–Trinajstić information content (AvgIpc) is 2.69. The number of hydrazine groups is 1. The number of hydrogen-bond donors (Lipinski definition) is 4. The summed E-state index contributed by atoms with van der Waals surface area (Å²) in [6.07, 6.45) is 0. The van der Waals surface area contributed by atoms with Gasteiger partial charge in [-0.25, -0.2) is 0 Å². The van der Waals surface area contributed by atoms with Crippen LogP contribution in [0, 0.1) is 0 Å². The molecule has 138 valence electrons. The zero-order chi connectivity index (χ0) is 18.8. The summed E-state index contributed by atoms with van der Waals surface area (Å²) in [4.78, 5) is 11.9. The summed E-state index contributed by atoms with van der Waals surface area (Å²) < 4.78 is 10.2. The first kappa shape index (κ1) is 19.3. The minimum Gasteiger partial charge on any atom is -0.497 e. The third-order valence-electron chi connectivity index (χ3n) is 3.45. The number of amides is 1. The second-order valence-corrected chi connectivity index (χ2v) is 5.70. The van der Waals surface area contributed by atoms with E-state index < -0.39 is 0 Å². The van der Waals surface area contributed by atoms with E-state index in [-0.39, 0.29) is 12.5 Å². The molecule has 0 saturated carbocycles. The van der Waals surface area contributed by atoms with Crippen molar-refractivity contribution in [2.45, 2.75) is 6.54 Å². The number of rotatable bonds is 7. The van der Waals surface area contributed by atoms with E-state index in [1.165, 1.54) is 0 Å². The summed E-state index contributed by atoms with van der Waals surface area (Å²) in [5.74, 6) is 1.27. The summed E-state index contributed by atoms with van der Waals surface area (Å²) >= 11 is 5.13. The fourth-order valence-electron chi connectivity index (χ4n) is 2.06. The van der Waals surface area contributed by atoms with E-state index in [1.807, 2.05) is 48.5 Å². The van der Waals surface area contributed by atoms with Crippen molar-refractivity contribution in [3.8, 4) is 11.5 Å². The zero-order valence-electron chi connectivity index (χ0n) is 14.7. The van der Waals surface area contributed by atoms with Crippen LogP contribution < -0.4 is 31.0 Å². The third-order valence-corrected chi connectivity index (χ3v) is 3.70. The minimum atomic E-state index is -0.249. The van der Waals surface area contributed by atoms with Crippen molar-refractivity contribution in [3.05, 3.63) is 54.1 Å². The van der Waals surface area contributed by atoms with Crippen LogP contribution in [0.4, 0.5) is 5.69 Å². The molecule has 0 radical (unpaired) electrons. The van der Waals surface area contributed by atoms with Crippen LogP contribution in [0.3, 0.4) is 0 Å².